The largest absolute Gasteiger partial charge is 0.478 e. The fourth-order valence-electron chi connectivity index (χ4n) is 1.77. The number of hydrogen-bond donors (Lipinski definition) is 1. The Labute approximate surface area is 110 Å². The Morgan fingerprint density at radius 3 is 2.42 bits per heavy atom. The zero-order valence-corrected chi connectivity index (χ0v) is 10.6. The first-order valence-corrected chi connectivity index (χ1v) is 5.76. The topological polar surface area (TPSA) is 46.5 Å². The van der Waals surface area contributed by atoms with E-state index in [-0.39, 0.29) is 17.1 Å². The van der Waals surface area contributed by atoms with Crippen molar-refractivity contribution in [1.29, 1.82) is 0 Å². The van der Waals surface area contributed by atoms with Crippen molar-refractivity contribution >= 4 is 5.97 Å². The molecule has 0 heterocycles. The summed E-state index contributed by atoms with van der Waals surface area (Å²) >= 11 is 0. The highest BCUT2D eigenvalue weighted by molar-refractivity contribution is 5.91. The van der Waals surface area contributed by atoms with Crippen LogP contribution in [0, 0.1) is 19.7 Å². The van der Waals surface area contributed by atoms with Gasteiger partial charge in [-0.15, -0.1) is 0 Å². The zero-order valence-electron chi connectivity index (χ0n) is 10.6. The molecule has 98 valence electrons. The number of ether oxygens (including phenoxy) is 1. The summed E-state index contributed by atoms with van der Waals surface area (Å²) in [6.07, 6.45) is 0. The number of benzene rings is 2. The molecule has 0 aliphatic rings. The molecule has 2 aromatic carbocycles. The Kier molecular flexibility index (Phi) is 3.51. The van der Waals surface area contributed by atoms with Crippen molar-refractivity contribution in [3.05, 3.63) is 58.9 Å². The monoisotopic (exact) mass is 260 g/mol. The molecule has 0 atom stereocenters. The van der Waals surface area contributed by atoms with E-state index in [0.29, 0.717) is 11.1 Å². The molecule has 0 amide bonds. The van der Waals surface area contributed by atoms with Gasteiger partial charge in [-0.05, 0) is 37.1 Å². The van der Waals surface area contributed by atoms with Gasteiger partial charge >= 0.3 is 5.97 Å². The van der Waals surface area contributed by atoms with E-state index in [1.807, 2.05) is 0 Å². The zero-order chi connectivity index (χ0) is 14.0. The average Bonchev–Trinajstić information content (AvgIpc) is 2.36. The summed E-state index contributed by atoms with van der Waals surface area (Å²) in [5.74, 6) is -1.40. The first-order chi connectivity index (χ1) is 9.00. The summed E-state index contributed by atoms with van der Waals surface area (Å²) in [5, 5.41) is 9.12. The van der Waals surface area contributed by atoms with Crippen molar-refractivity contribution in [2.45, 2.75) is 13.8 Å². The van der Waals surface area contributed by atoms with Crippen LogP contribution in [0.1, 0.15) is 21.5 Å². The first-order valence-electron chi connectivity index (χ1n) is 5.76. The Bertz CT molecular complexity index is 635. The van der Waals surface area contributed by atoms with Gasteiger partial charge in [0.15, 0.2) is 11.6 Å². The minimum atomic E-state index is -1.10. The molecule has 0 saturated carbocycles. The normalized spacial score (nSPS) is 10.3. The lowest BCUT2D eigenvalue weighted by atomic mass is 10.1. The van der Waals surface area contributed by atoms with Crippen LogP contribution in [-0.2, 0) is 0 Å². The van der Waals surface area contributed by atoms with Gasteiger partial charge in [0, 0.05) is 0 Å². The fourth-order valence-corrected chi connectivity index (χ4v) is 1.77. The van der Waals surface area contributed by atoms with Crippen LogP contribution >= 0.6 is 0 Å². The van der Waals surface area contributed by atoms with E-state index in [9.17, 15) is 9.18 Å². The number of aromatic carboxylic acids is 1. The second-order valence-electron chi connectivity index (χ2n) is 4.25. The minimum absolute atomic E-state index is 0.0147. The smallest absolute Gasteiger partial charge is 0.339 e. The molecule has 0 radical (unpaired) electrons. The van der Waals surface area contributed by atoms with Gasteiger partial charge in [0.25, 0.3) is 0 Å². The van der Waals surface area contributed by atoms with Crippen LogP contribution in [0.15, 0.2) is 36.4 Å². The highest BCUT2D eigenvalue weighted by atomic mass is 19.1. The van der Waals surface area contributed by atoms with Crippen LogP contribution in [0.25, 0.3) is 0 Å². The number of hydrogen-bond acceptors (Lipinski definition) is 2. The summed E-state index contributed by atoms with van der Waals surface area (Å²) in [6.45, 7) is 3.34. The van der Waals surface area contributed by atoms with E-state index in [1.54, 1.807) is 38.1 Å². The second-order valence-corrected chi connectivity index (χ2v) is 4.25. The molecular weight excluding hydrogens is 247 g/mol. The Morgan fingerprint density at radius 1 is 1.11 bits per heavy atom. The van der Waals surface area contributed by atoms with Crippen molar-refractivity contribution in [2.24, 2.45) is 0 Å². The van der Waals surface area contributed by atoms with E-state index in [4.69, 9.17) is 9.84 Å². The van der Waals surface area contributed by atoms with E-state index in [0.717, 1.165) is 0 Å². The molecular formula is C15H13FO3. The molecule has 4 heteroatoms. The molecule has 1 N–H and O–H groups in total. The number of halogens is 1. The fraction of sp³-hybridized carbons (Fsp3) is 0.133. The number of para-hydroxylation sites is 1. The maximum atomic E-state index is 13.9. The molecule has 0 fully saturated rings. The number of rotatable bonds is 3. The molecule has 0 unspecified atom stereocenters. The predicted molar refractivity (Wildman–Crippen MR) is 69.3 cm³/mol. The molecule has 0 spiro atoms. The first kappa shape index (κ1) is 13.1. The van der Waals surface area contributed by atoms with Gasteiger partial charge < -0.3 is 9.84 Å². The average molecular weight is 260 g/mol. The van der Waals surface area contributed by atoms with Crippen LogP contribution in [0.5, 0.6) is 11.5 Å². The third-order valence-corrected chi connectivity index (χ3v) is 2.81. The SMILES string of the molecule is Cc1cccc(Oc2c(C)cccc2C(=O)O)c1F. The summed E-state index contributed by atoms with van der Waals surface area (Å²) in [5.41, 5.74) is 1.10. The molecule has 19 heavy (non-hydrogen) atoms. The van der Waals surface area contributed by atoms with Gasteiger partial charge in [0.05, 0.1) is 0 Å². The van der Waals surface area contributed by atoms with Crippen LogP contribution in [0.3, 0.4) is 0 Å². The Balaban J connectivity index is 2.49. The molecule has 2 aromatic rings. The van der Waals surface area contributed by atoms with Crippen molar-refractivity contribution < 1.29 is 19.0 Å². The van der Waals surface area contributed by atoms with E-state index >= 15 is 0 Å². The second kappa shape index (κ2) is 5.10. The quantitative estimate of drug-likeness (QED) is 0.909. The van der Waals surface area contributed by atoms with Crippen LogP contribution in [0.2, 0.25) is 0 Å². The highest BCUT2D eigenvalue weighted by Crippen LogP contribution is 2.31. The van der Waals surface area contributed by atoms with Gasteiger partial charge in [0.1, 0.15) is 11.3 Å². The van der Waals surface area contributed by atoms with Crippen LogP contribution in [0.4, 0.5) is 4.39 Å². The summed E-state index contributed by atoms with van der Waals surface area (Å²) < 4.78 is 19.3. The molecule has 0 saturated heterocycles. The molecule has 0 aliphatic heterocycles. The summed E-state index contributed by atoms with van der Waals surface area (Å²) in [4.78, 5) is 11.1. The number of carbonyl (C=O) groups is 1. The molecule has 0 bridgehead atoms. The molecule has 3 nitrogen and oxygen atoms in total. The number of carboxylic acids is 1. The van der Waals surface area contributed by atoms with Crippen LogP contribution < -0.4 is 4.74 Å². The van der Waals surface area contributed by atoms with Gasteiger partial charge in [0.2, 0.25) is 0 Å². The standard InChI is InChI=1S/C15H13FO3/c1-9-5-4-8-12(13(9)16)19-14-10(2)6-3-7-11(14)15(17)18/h3-8H,1-2H3,(H,17,18). The molecule has 0 aliphatic carbocycles. The summed E-state index contributed by atoms with van der Waals surface area (Å²) in [6, 6.07) is 9.52. The van der Waals surface area contributed by atoms with E-state index < -0.39 is 11.8 Å². The van der Waals surface area contributed by atoms with Crippen molar-refractivity contribution in [3.8, 4) is 11.5 Å². The third kappa shape index (κ3) is 2.57. The highest BCUT2D eigenvalue weighted by Gasteiger charge is 2.16. The van der Waals surface area contributed by atoms with Crippen LogP contribution in [-0.4, -0.2) is 11.1 Å². The van der Waals surface area contributed by atoms with Crippen molar-refractivity contribution in [3.63, 3.8) is 0 Å². The summed E-state index contributed by atoms with van der Waals surface area (Å²) in [7, 11) is 0. The Hall–Kier alpha value is -2.36. The minimum Gasteiger partial charge on any atom is -0.478 e. The van der Waals surface area contributed by atoms with Crippen molar-refractivity contribution in [2.75, 3.05) is 0 Å². The van der Waals surface area contributed by atoms with E-state index in [1.165, 1.54) is 12.1 Å². The molecule has 0 aromatic heterocycles. The lowest BCUT2D eigenvalue weighted by molar-refractivity contribution is 0.0694. The molecule has 2 rings (SSSR count). The maximum Gasteiger partial charge on any atom is 0.339 e. The maximum absolute atomic E-state index is 13.9. The lowest BCUT2D eigenvalue weighted by Gasteiger charge is -2.12. The van der Waals surface area contributed by atoms with Gasteiger partial charge in [-0.25, -0.2) is 9.18 Å². The van der Waals surface area contributed by atoms with Gasteiger partial charge in [-0.2, -0.15) is 0 Å². The number of carboxylic acid groups (broad SMARTS) is 1. The predicted octanol–water partition coefficient (Wildman–Crippen LogP) is 3.93. The van der Waals surface area contributed by atoms with E-state index in [2.05, 4.69) is 0 Å². The van der Waals surface area contributed by atoms with Crippen molar-refractivity contribution in [1.82, 2.24) is 0 Å². The lowest BCUT2D eigenvalue weighted by Crippen LogP contribution is -2.02. The number of aryl methyl sites for hydroxylation is 2. The van der Waals surface area contributed by atoms with Gasteiger partial charge in [-0.3, -0.25) is 0 Å². The Morgan fingerprint density at radius 2 is 1.74 bits per heavy atom. The van der Waals surface area contributed by atoms with Gasteiger partial charge in [-0.1, -0.05) is 24.3 Å². The third-order valence-electron chi connectivity index (χ3n) is 2.81.